The number of unbranched alkanes of at least 4 members (excludes halogenated alkanes) is 5. The lowest BCUT2D eigenvalue weighted by Crippen LogP contribution is -2.75. The van der Waals surface area contributed by atoms with Gasteiger partial charge in [0, 0.05) is 5.56 Å². The number of carbonyl (C=O) groups is 3. The number of carbonyl (C=O) groups excluding carboxylic acids is 2. The minimum atomic E-state index is -4.79. The summed E-state index contributed by atoms with van der Waals surface area (Å²) in [6, 6.07) is 2.81. The zero-order valence-corrected chi connectivity index (χ0v) is 22.5. The lowest BCUT2D eigenvalue weighted by Gasteiger charge is -2.40. The Morgan fingerprint density at radius 1 is 1.03 bits per heavy atom. The maximum Gasteiger partial charge on any atom is 0.419 e. The number of benzene rings is 1. The highest BCUT2D eigenvalue weighted by atomic mass is 19.4. The maximum atomic E-state index is 13.7. The molecule has 0 unspecified atom stereocenters. The highest BCUT2D eigenvalue weighted by Gasteiger charge is 2.62. The average Bonchev–Trinajstić information content (AvgIpc) is 3.27. The van der Waals surface area contributed by atoms with Crippen molar-refractivity contribution in [3.05, 3.63) is 29.3 Å². The van der Waals surface area contributed by atoms with E-state index >= 15 is 0 Å². The molecular formula is C24H37F3N6O6. The molecule has 0 bridgehead atoms. The van der Waals surface area contributed by atoms with Crippen molar-refractivity contribution in [2.24, 2.45) is 0 Å². The zero-order chi connectivity index (χ0) is 29.3. The Morgan fingerprint density at radius 3 is 2.23 bits per heavy atom. The van der Waals surface area contributed by atoms with Crippen molar-refractivity contribution < 1.29 is 42.1 Å². The van der Waals surface area contributed by atoms with E-state index in [0.717, 1.165) is 44.2 Å². The predicted molar refractivity (Wildman–Crippen MR) is 134 cm³/mol. The van der Waals surface area contributed by atoms with E-state index in [1.165, 1.54) is 21.1 Å². The summed E-state index contributed by atoms with van der Waals surface area (Å²) in [5.41, 5.74) is 0.564. The Balaban J connectivity index is 2.12. The van der Waals surface area contributed by atoms with E-state index in [4.69, 9.17) is 9.47 Å². The molecule has 0 spiro atoms. The van der Waals surface area contributed by atoms with Gasteiger partial charge < -0.3 is 14.6 Å². The number of hydrogen-bond donors (Lipinski definition) is 6. The predicted octanol–water partition coefficient (Wildman–Crippen LogP) is 2.18. The van der Waals surface area contributed by atoms with Gasteiger partial charge in [-0.3, -0.25) is 36.4 Å². The van der Waals surface area contributed by atoms with Crippen molar-refractivity contribution in [1.29, 1.82) is 0 Å². The van der Waals surface area contributed by atoms with Gasteiger partial charge in [-0.05, 0) is 45.8 Å². The first-order chi connectivity index (χ1) is 18.4. The Bertz CT molecular complexity index is 1010. The molecule has 12 nitrogen and oxygen atoms in total. The third kappa shape index (κ3) is 7.29. The van der Waals surface area contributed by atoms with Crippen LogP contribution in [-0.2, 0) is 15.7 Å². The normalized spacial score (nSPS) is 18.6. The van der Waals surface area contributed by atoms with Gasteiger partial charge in [0.1, 0.15) is 5.75 Å². The van der Waals surface area contributed by atoms with Crippen molar-refractivity contribution in [1.82, 2.24) is 31.7 Å². The van der Waals surface area contributed by atoms with Crippen molar-refractivity contribution in [3.8, 4) is 5.75 Å². The number of likely N-dealkylation sites (N-methyl/N-ethyl adjacent to an activating group) is 1. The summed E-state index contributed by atoms with van der Waals surface area (Å²) in [4.78, 5) is 38.4. The molecule has 0 aliphatic carbocycles. The van der Waals surface area contributed by atoms with Crippen molar-refractivity contribution in [2.45, 2.75) is 63.3 Å². The molecule has 0 saturated carbocycles. The van der Waals surface area contributed by atoms with Gasteiger partial charge in [-0.25, -0.2) is 9.69 Å². The van der Waals surface area contributed by atoms with Crippen LogP contribution in [0.15, 0.2) is 18.2 Å². The highest BCUT2D eigenvalue weighted by Crippen LogP contribution is 2.37. The molecule has 1 fully saturated rings. The van der Waals surface area contributed by atoms with Gasteiger partial charge in [-0.15, -0.1) is 0 Å². The fourth-order valence-corrected chi connectivity index (χ4v) is 4.23. The second kappa shape index (κ2) is 13.8. The summed E-state index contributed by atoms with van der Waals surface area (Å²) in [5.74, 6) is -4.27. The third-order valence-corrected chi connectivity index (χ3v) is 6.44. The quantitative estimate of drug-likeness (QED) is 0.121. The SMILES string of the molecule is CCCCCCCCOc1ccc(C(=O)NNC(=O)[C@]2(NC)COC(NC)(NC)N2C(=O)O)cc1C(F)(F)F. The minimum absolute atomic E-state index is 0.103. The Kier molecular flexibility index (Phi) is 11.3. The van der Waals surface area contributed by atoms with Crippen LogP contribution >= 0.6 is 0 Å². The first-order valence-corrected chi connectivity index (χ1v) is 12.6. The van der Waals surface area contributed by atoms with E-state index in [9.17, 15) is 32.7 Å². The molecule has 1 aliphatic rings. The fraction of sp³-hybridized carbons (Fsp3) is 0.625. The van der Waals surface area contributed by atoms with Crippen LogP contribution in [0.5, 0.6) is 5.75 Å². The topological polar surface area (TPSA) is 153 Å². The monoisotopic (exact) mass is 562 g/mol. The molecule has 6 N–H and O–H groups in total. The van der Waals surface area contributed by atoms with Crippen LogP contribution in [0, 0.1) is 0 Å². The first-order valence-electron chi connectivity index (χ1n) is 12.6. The van der Waals surface area contributed by atoms with E-state index in [2.05, 4.69) is 28.3 Å². The van der Waals surface area contributed by atoms with Crippen LogP contribution in [0.1, 0.15) is 61.4 Å². The lowest BCUT2D eigenvalue weighted by atomic mass is 10.1. The van der Waals surface area contributed by atoms with Crippen LogP contribution in [0.4, 0.5) is 18.0 Å². The molecule has 39 heavy (non-hydrogen) atoms. The summed E-state index contributed by atoms with van der Waals surface area (Å²) >= 11 is 0. The van der Waals surface area contributed by atoms with Gasteiger partial charge in [0.05, 0.1) is 18.8 Å². The molecule has 220 valence electrons. The number of nitrogens with one attached hydrogen (secondary N) is 5. The van der Waals surface area contributed by atoms with Crippen LogP contribution in [-0.4, -0.2) is 73.9 Å². The van der Waals surface area contributed by atoms with Gasteiger partial charge in [0.25, 0.3) is 17.8 Å². The molecule has 1 aliphatic heterocycles. The summed E-state index contributed by atoms with van der Waals surface area (Å²) < 4.78 is 52.0. The van der Waals surface area contributed by atoms with Crippen LogP contribution < -0.4 is 31.5 Å². The Morgan fingerprint density at radius 2 is 1.67 bits per heavy atom. The van der Waals surface area contributed by atoms with Crippen LogP contribution in [0.3, 0.4) is 0 Å². The summed E-state index contributed by atoms with van der Waals surface area (Å²) in [6.07, 6.45) is -0.661. The molecule has 0 radical (unpaired) electrons. The number of hydrogen-bond acceptors (Lipinski definition) is 8. The summed E-state index contributed by atoms with van der Waals surface area (Å²) in [5, 5.41) is 17.6. The highest BCUT2D eigenvalue weighted by molar-refractivity contribution is 5.97. The number of ether oxygens (including phenoxy) is 2. The van der Waals surface area contributed by atoms with Crippen molar-refractivity contribution in [3.63, 3.8) is 0 Å². The van der Waals surface area contributed by atoms with Crippen molar-refractivity contribution >= 4 is 17.9 Å². The van der Waals surface area contributed by atoms with Crippen molar-refractivity contribution in [2.75, 3.05) is 34.4 Å². The first kappa shape index (κ1) is 32.1. The molecule has 1 aromatic rings. The van der Waals surface area contributed by atoms with Gasteiger partial charge in [-0.1, -0.05) is 39.0 Å². The van der Waals surface area contributed by atoms with E-state index in [-0.39, 0.29) is 6.61 Å². The molecule has 3 amide bonds. The van der Waals surface area contributed by atoms with Gasteiger partial charge in [0.2, 0.25) is 5.66 Å². The van der Waals surface area contributed by atoms with Crippen LogP contribution in [0.2, 0.25) is 0 Å². The number of halogens is 3. The van der Waals surface area contributed by atoms with E-state index in [0.29, 0.717) is 17.4 Å². The molecule has 0 aromatic heterocycles. The molecule has 1 saturated heterocycles. The number of rotatable bonds is 13. The Hall–Kier alpha value is -3.14. The average molecular weight is 563 g/mol. The number of carboxylic acid groups (broad SMARTS) is 1. The molecule has 1 heterocycles. The fourth-order valence-electron chi connectivity index (χ4n) is 4.23. The number of amides is 3. The lowest BCUT2D eigenvalue weighted by molar-refractivity contribution is -0.142. The van der Waals surface area contributed by atoms with Crippen LogP contribution in [0.25, 0.3) is 0 Å². The summed E-state index contributed by atoms with van der Waals surface area (Å²) in [7, 11) is 4.11. The second-order valence-corrected chi connectivity index (χ2v) is 8.89. The standard InChI is InChI=1S/C24H37F3N6O6/c1-5-6-7-8-9-10-13-38-18-12-11-16(14-17(18)23(25,26)27)19(34)31-32-20(35)22(28-2)15-39-24(29-3,30-4)33(22)21(36)37/h11-12,14,28-30H,5-10,13,15H2,1-4H3,(H,31,34)(H,32,35)(H,36,37)/t22-/m0/s1. The van der Waals surface area contributed by atoms with E-state index in [1.54, 1.807) is 0 Å². The molecular weight excluding hydrogens is 525 g/mol. The molecule has 1 atom stereocenters. The second-order valence-electron chi connectivity index (χ2n) is 8.89. The molecule has 2 rings (SSSR count). The number of hydrazine groups is 1. The third-order valence-electron chi connectivity index (χ3n) is 6.44. The number of alkyl halides is 3. The largest absolute Gasteiger partial charge is 0.493 e. The summed E-state index contributed by atoms with van der Waals surface area (Å²) in [6.45, 7) is 1.72. The van der Waals surface area contributed by atoms with Gasteiger partial charge in [-0.2, -0.15) is 13.2 Å². The van der Waals surface area contributed by atoms with E-state index in [1.807, 2.05) is 5.43 Å². The minimum Gasteiger partial charge on any atom is -0.493 e. The molecule has 1 aromatic carbocycles. The molecule has 15 heteroatoms. The number of nitrogens with zero attached hydrogens (tertiary/aromatic N) is 1. The maximum absolute atomic E-state index is 13.7. The smallest absolute Gasteiger partial charge is 0.419 e. The van der Waals surface area contributed by atoms with Gasteiger partial charge in [0.15, 0.2) is 0 Å². The van der Waals surface area contributed by atoms with E-state index < -0.39 is 59.2 Å². The zero-order valence-electron chi connectivity index (χ0n) is 22.5. The Labute approximate surface area is 224 Å². The van der Waals surface area contributed by atoms with Gasteiger partial charge >= 0.3 is 12.3 Å².